The molecule has 0 N–H and O–H groups in total. The molecule has 0 atom stereocenters. The summed E-state index contributed by atoms with van der Waals surface area (Å²) < 4.78 is 0. The number of carbonyl (C=O) groups excluding carboxylic acids is 1. The zero-order chi connectivity index (χ0) is 13.9. The van der Waals surface area contributed by atoms with Gasteiger partial charge in [-0.1, -0.05) is 34.9 Å². The van der Waals surface area contributed by atoms with Crippen LogP contribution in [0.1, 0.15) is 51.9 Å². The second-order valence-electron chi connectivity index (χ2n) is 5.31. The molecule has 0 radical (unpaired) electrons. The number of rotatable bonds is 2. The summed E-state index contributed by atoms with van der Waals surface area (Å²) in [6.07, 6.45) is 1.70. The predicted octanol–water partition coefficient (Wildman–Crippen LogP) is 3.22. The fourth-order valence-corrected chi connectivity index (χ4v) is 2.05. The first-order chi connectivity index (χ1) is 8.34. The zero-order valence-electron chi connectivity index (χ0n) is 12.2. The Morgan fingerprint density at radius 2 is 1.56 bits per heavy atom. The van der Waals surface area contributed by atoms with Crippen molar-refractivity contribution in [3.05, 3.63) is 45.8 Å². The molecule has 1 aromatic rings. The molecule has 0 aromatic heterocycles. The van der Waals surface area contributed by atoms with Crippen molar-refractivity contribution in [1.29, 1.82) is 0 Å². The van der Waals surface area contributed by atoms with Crippen molar-refractivity contribution < 1.29 is 4.79 Å². The first-order valence-electron chi connectivity index (χ1n) is 6.28. The third-order valence-electron chi connectivity index (χ3n) is 2.79. The Morgan fingerprint density at radius 1 is 0.944 bits per heavy atom. The average molecular weight is 242 g/mol. The maximum atomic E-state index is 12.3. The summed E-state index contributed by atoms with van der Waals surface area (Å²) in [6.45, 7) is 12.2. The monoisotopic (exact) mass is 242 g/mol. The van der Waals surface area contributed by atoms with Gasteiger partial charge in [0.15, 0.2) is 5.78 Å². The smallest absolute Gasteiger partial charge is 0.186 e. The first-order valence-corrected chi connectivity index (χ1v) is 6.28. The van der Waals surface area contributed by atoms with Crippen LogP contribution in [0.25, 0.3) is 11.1 Å². The van der Waals surface area contributed by atoms with Crippen molar-refractivity contribution in [3.63, 3.8) is 0 Å². The van der Waals surface area contributed by atoms with Crippen LogP contribution in [0.5, 0.6) is 0 Å². The number of ketones is 1. The van der Waals surface area contributed by atoms with E-state index in [0.29, 0.717) is 0 Å². The molecule has 0 bridgehead atoms. The Hall–Kier alpha value is -1.63. The van der Waals surface area contributed by atoms with Gasteiger partial charge in [-0.15, -0.1) is 0 Å². The predicted molar refractivity (Wildman–Crippen MR) is 79.0 cm³/mol. The second-order valence-corrected chi connectivity index (χ2v) is 5.31. The van der Waals surface area contributed by atoms with E-state index in [4.69, 9.17) is 0 Å². The normalized spacial score (nSPS) is 9.89. The summed E-state index contributed by atoms with van der Waals surface area (Å²) >= 11 is 0. The minimum atomic E-state index is 0.0919. The summed E-state index contributed by atoms with van der Waals surface area (Å²) in [5, 5.41) is 2.25. The molecule has 1 rings (SSSR count). The quantitative estimate of drug-likeness (QED) is 0.575. The van der Waals surface area contributed by atoms with Gasteiger partial charge in [0.2, 0.25) is 0 Å². The Balaban J connectivity index is 3.76. The van der Waals surface area contributed by atoms with E-state index in [1.54, 1.807) is 6.08 Å². The lowest BCUT2D eigenvalue weighted by molar-refractivity contribution is 0.104. The highest BCUT2D eigenvalue weighted by Gasteiger charge is 2.06. The SMILES string of the molecule is CC(C)=CC(=O)c1cccc(=C(C)C)c1=C(C)C. The van der Waals surface area contributed by atoms with Gasteiger partial charge >= 0.3 is 0 Å². The molecule has 96 valence electrons. The van der Waals surface area contributed by atoms with Crippen LogP contribution in [-0.2, 0) is 0 Å². The summed E-state index contributed by atoms with van der Waals surface area (Å²) in [7, 11) is 0. The molecule has 0 unspecified atom stereocenters. The van der Waals surface area contributed by atoms with Crippen LogP contribution < -0.4 is 10.4 Å². The molecule has 0 aliphatic rings. The fraction of sp³-hybridized carbons (Fsp3) is 0.353. The first kappa shape index (κ1) is 14.4. The fourth-order valence-electron chi connectivity index (χ4n) is 2.05. The Bertz CT molecular complexity index is 604. The highest BCUT2D eigenvalue weighted by molar-refractivity contribution is 6.05. The van der Waals surface area contributed by atoms with E-state index in [0.717, 1.165) is 16.4 Å². The van der Waals surface area contributed by atoms with E-state index >= 15 is 0 Å². The molecule has 0 fully saturated rings. The van der Waals surface area contributed by atoms with Gasteiger partial charge in [0, 0.05) is 5.56 Å². The molecular weight excluding hydrogens is 220 g/mol. The molecule has 1 heteroatoms. The third-order valence-corrected chi connectivity index (χ3v) is 2.79. The maximum Gasteiger partial charge on any atom is 0.186 e. The topological polar surface area (TPSA) is 17.1 Å². The standard InChI is InChI=1S/C17H22O/c1-11(2)10-16(18)15-9-7-8-14(12(3)4)17(15)13(5)6/h7-10H,1-6H3. The number of benzene rings is 1. The third kappa shape index (κ3) is 3.19. The number of hydrogen-bond acceptors (Lipinski definition) is 1. The van der Waals surface area contributed by atoms with Crippen LogP contribution >= 0.6 is 0 Å². The van der Waals surface area contributed by atoms with Gasteiger partial charge in [-0.25, -0.2) is 0 Å². The van der Waals surface area contributed by atoms with Crippen molar-refractivity contribution >= 4 is 16.9 Å². The van der Waals surface area contributed by atoms with Crippen LogP contribution in [0.3, 0.4) is 0 Å². The van der Waals surface area contributed by atoms with Gasteiger partial charge in [0.25, 0.3) is 0 Å². The Labute approximate surface area is 110 Å². The summed E-state index contributed by atoms with van der Waals surface area (Å²) in [6, 6.07) is 5.95. The summed E-state index contributed by atoms with van der Waals surface area (Å²) in [4.78, 5) is 12.3. The molecule has 0 saturated carbocycles. The van der Waals surface area contributed by atoms with Crippen LogP contribution in [0.15, 0.2) is 29.8 Å². The second kappa shape index (κ2) is 5.81. The van der Waals surface area contributed by atoms with E-state index in [1.807, 2.05) is 26.0 Å². The lowest BCUT2D eigenvalue weighted by atomic mass is 9.99. The van der Waals surface area contributed by atoms with Crippen molar-refractivity contribution in [1.82, 2.24) is 0 Å². The Kier molecular flexibility index (Phi) is 4.66. The van der Waals surface area contributed by atoms with E-state index < -0.39 is 0 Å². The highest BCUT2D eigenvalue weighted by atomic mass is 16.1. The lowest BCUT2D eigenvalue weighted by Crippen LogP contribution is -2.32. The van der Waals surface area contributed by atoms with E-state index in [1.165, 1.54) is 16.4 Å². The molecular formula is C17H22O. The minimum Gasteiger partial charge on any atom is -0.289 e. The van der Waals surface area contributed by atoms with Crippen LogP contribution in [-0.4, -0.2) is 5.78 Å². The van der Waals surface area contributed by atoms with Gasteiger partial charge in [-0.2, -0.15) is 0 Å². The minimum absolute atomic E-state index is 0.0919. The molecule has 0 spiro atoms. The van der Waals surface area contributed by atoms with Gasteiger partial charge in [-0.05, 0) is 58.1 Å². The van der Waals surface area contributed by atoms with Crippen LogP contribution in [0, 0.1) is 0 Å². The molecule has 0 saturated heterocycles. The van der Waals surface area contributed by atoms with Gasteiger partial charge in [0.05, 0.1) is 0 Å². The zero-order valence-corrected chi connectivity index (χ0v) is 12.2. The van der Waals surface area contributed by atoms with Gasteiger partial charge < -0.3 is 0 Å². The molecule has 0 aliphatic heterocycles. The average Bonchev–Trinajstić information content (AvgIpc) is 2.26. The number of hydrogen-bond donors (Lipinski definition) is 0. The lowest BCUT2D eigenvalue weighted by Gasteiger charge is -2.04. The van der Waals surface area contributed by atoms with Crippen LogP contribution in [0.2, 0.25) is 0 Å². The van der Waals surface area contributed by atoms with Gasteiger partial charge in [0.1, 0.15) is 0 Å². The molecule has 1 aromatic carbocycles. The van der Waals surface area contributed by atoms with Crippen molar-refractivity contribution in [2.24, 2.45) is 0 Å². The van der Waals surface area contributed by atoms with Gasteiger partial charge in [-0.3, -0.25) is 4.79 Å². The van der Waals surface area contributed by atoms with Crippen molar-refractivity contribution in [2.75, 3.05) is 0 Å². The summed E-state index contributed by atoms with van der Waals surface area (Å²) in [5.74, 6) is 0.0919. The van der Waals surface area contributed by atoms with Crippen LogP contribution in [0.4, 0.5) is 0 Å². The van der Waals surface area contributed by atoms with E-state index in [-0.39, 0.29) is 5.78 Å². The summed E-state index contributed by atoms with van der Waals surface area (Å²) in [5.41, 5.74) is 4.24. The number of allylic oxidation sites excluding steroid dienone is 2. The molecule has 18 heavy (non-hydrogen) atoms. The van der Waals surface area contributed by atoms with E-state index in [9.17, 15) is 4.79 Å². The number of carbonyl (C=O) groups is 1. The molecule has 0 aliphatic carbocycles. The molecule has 1 nitrogen and oxygen atoms in total. The largest absolute Gasteiger partial charge is 0.289 e. The van der Waals surface area contributed by atoms with Crippen molar-refractivity contribution in [2.45, 2.75) is 41.5 Å². The Morgan fingerprint density at radius 3 is 2.00 bits per heavy atom. The molecule has 0 amide bonds. The van der Waals surface area contributed by atoms with E-state index in [2.05, 4.69) is 33.8 Å². The highest BCUT2D eigenvalue weighted by Crippen LogP contribution is 2.00. The molecule has 0 heterocycles. The maximum absolute atomic E-state index is 12.3. The van der Waals surface area contributed by atoms with Crippen molar-refractivity contribution in [3.8, 4) is 0 Å².